The van der Waals surface area contributed by atoms with Crippen LogP contribution in [0.3, 0.4) is 0 Å². The molecule has 0 heterocycles. The molecule has 0 radical (unpaired) electrons. The zero-order valence-electron chi connectivity index (χ0n) is 12.4. The van der Waals surface area contributed by atoms with Gasteiger partial charge in [0.2, 0.25) is 0 Å². The van der Waals surface area contributed by atoms with Gasteiger partial charge < -0.3 is 10.1 Å². The Labute approximate surface area is 131 Å². The van der Waals surface area contributed by atoms with Crippen LogP contribution in [0.5, 0.6) is 5.75 Å². The van der Waals surface area contributed by atoms with E-state index in [9.17, 15) is 0 Å². The Kier molecular flexibility index (Phi) is 4.18. The van der Waals surface area contributed by atoms with Crippen LogP contribution in [0.15, 0.2) is 42.5 Å². The number of aryl methyl sites for hydroxylation is 1. The fourth-order valence-electron chi connectivity index (χ4n) is 2.49. The zero-order chi connectivity index (χ0) is 14.8. The second-order valence-electron chi connectivity index (χ2n) is 5.62. The van der Waals surface area contributed by atoms with Crippen LogP contribution in [0.4, 0.5) is 0 Å². The molecule has 1 atom stereocenters. The van der Waals surface area contributed by atoms with E-state index in [1.807, 2.05) is 20.0 Å². The third kappa shape index (κ3) is 3.39. The molecule has 0 bridgehead atoms. The average Bonchev–Trinajstić information content (AvgIpc) is 3.29. The van der Waals surface area contributed by atoms with Gasteiger partial charge in [0, 0.05) is 5.02 Å². The maximum Gasteiger partial charge on any atom is 0.119 e. The van der Waals surface area contributed by atoms with Crippen molar-refractivity contribution >= 4 is 11.6 Å². The third-order valence-electron chi connectivity index (χ3n) is 3.84. The van der Waals surface area contributed by atoms with Crippen LogP contribution in [0.1, 0.15) is 35.6 Å². The number of benzene rings is 2. The smallest absolute Gasteiger partial charge is 0.119 e. The Hall–Kier alpha value is -1.51. The SMILES string of the molecule is CNC(c1ccc(OC2CC2)cc1)c1ccc(Cl)c(C)c1. The predicted octanol–water partition coefficient (Wildman–Crippen LogP) is 4.50. The van der Waals surface area contributed by atoms with Crippen LogP contribution < -0.4 is 10.1 Å². The molecule has 0 spiro atoms. The summed E-state index contributed by atoms with van der Waals surface area (Å²) >= 11 is 6.11. The zero-order valence-corrected chi connectivity index (χ0v) is 13.2. The highest BCUT2D eigenvalue weighted by Gasteiger charge is 2.23. The topological polar surface area (TPSA) is 21.3 Å². The lowest BCUT2D eigenvalue weighted by molar-refractivity contribution is 0.303. The molecule has 1 unspecified atom stereocenters. The molecule has 0 aromatic heterocycles. The Morgan fingerprint density at radius 3 is 2.33 bits per heavy atom. The maximum absolute atomic E-state index is 6.11. The standard InChI is InChI=1S/C18H20ClNO/c1-12-11-14(5-10-17(12)19)18(20-2)13-3-6-15(7-4-13)21-16-8-9-16/h3-7,10-11,16,18,20H,8-9H2,1-2H3. The Balaban J connectivity index is 1.82. The van der Waals surface area contributed by atoms with E-state index < -0.39 is 0 Å². The van der Waals surface area contributed by atoms with E-state index >= 15 is 0 Å². The van der Waals surface area contributed by atoms with E-state index in [1.165, 1.54) is 24.0 Å². The van der Waals surface area contributed by atoms with Gasteiger partial charge in [0.05, 0.1) is 12.1 Å². The normalized spacial score (nSPS) is 15.8. The van der Waals surface area contributed by atoms with Gasteiger partial charge >= 0.3 is 0 Å². The first kappa shape index (κ1) is 14.4. The van der Waals surface area contributed by atoms with Gasteiger partial charge in [-0.3, -0.25) is 0 Å². The highest BCUT2D eigenvalue weighted by atomic mass is 35.5. The first-order chi connectivity index (χ1) is 10.2. The quantitative estimate of drug-likeness (QED) is 0.878. The molecular formula is C18H20ClNO. The lowest BCUT2D eigenvalue weighted by atomic mass is 9.97. The van der Waals surface area contributed by atoms with Crippen molar-refractivity contribution in [2.24, 2.45) is 0 Å². The molecule has 1 fully saturated rings. The first-order valence-electron chi connectivity index (χ1n) is 7.37. The largest absolute Gasteiger partial charge is 0.490 e. The summed E-state index contributed by atoms with van der Waals surface area (Å²) in [4.78, 5) is 0. The summed E-state index contributed by atoms with van der Waals surface area (Å²) in [5.74, 6) is 0.961. The summed E-state index contributed by atoms with van der Waals surface area (Å²) in [6, 6.07) is 14.7. The molecule has 110 valence electrons. The van der Waals surface area contributed by atoms with E-state index in [2.05, 4.69) is 41.7 Å². The lowest BCUT2D eigenvalue weighted by Gasteiger charge is -2.18. The summed E-state index contributed by atoms with van der Waals surface area (Å²) in [5.41, 5.74) is 3.54. The van der Waals surface area contributed by atoms with E-state index in [4.69, 9.17) is 16.3 Å². The van der Waals surface area contributed by atoms with E-state index in [-0.39, 0.29) is 6.04 Å². The van der Waals surface area contributed by atoms with Crippen molar-refractivity contribution in [2.75, 3.05) is 7.05 Å². The maximum atomic E-state index is 6.11. The van der Waals surface area contributed by atoms with Crippen LogP contribution in [-0.4, -0.2) is 13.2 Å². The summed E-state index contributed by atoms with van der Waals surface area (Å²) in [7, 11) is 1.98. The second kappa shape index (κ2) is 6.08. The van der Waals surface area contributed by atoms with Gasteiger partial charge in [-0.1, -0.05) is 35.9 Å². The molecule has 0 aliphatic heterocycles. The van der Waals surface area contributed by atoms with Crippen molar-refractivity contribution in [1.29, 1.82) is 0 Å². The monoisotopic (exact) mass is 301 g/mol. The number of nitrogens with one attached hydrogen (secondary N) is 1. The fourth-order valence-corrected chi connectivity index (χ4v) is 2.61. The molecule has 3 heteroatoms. The third-order valence-corrected chi connectivity index (χ3v) is 4.27. The number of hydrogen-bond donors (Lipinski definition) is 1. The van der Waals surface area contributed by atoms with Gasteiger partial charge in [-0.05, 0) is 61.7 Å². The molecule has 2 aromatic rings. The van der Waals surface area contributed by atoms with Crippen molar-refractivity contribution in [3.05, 3.63) is 64.2 Å². The average molecular weight is 302 g/mol. The number of halogens is 1. The van der Waals surface area contributed by atoms with Crippen LogP contribution in [0, 0.1) is 6.92 Å². The molecule has 21 heavy (non-hydrogen) atoms. The highest BCUT2D eigenvalue weighted by molar-refractivity contribution is 6.31. The molecule has 2 nitrogen and oxygen atoms in total. The molecule has 1 saturated carbocycles. The highest BCUT2D eigenvalue weighted by Crippen LogP contribution is 2.29. The molecule has 1 aliphatic rings. The fraction of sp³-hybridized carbons (Fsp3) is 0.333. The summed E-state index contributed by atoms with van der Waals surface area (Å²) < 4.78 is 5.80. The van der Waals surface area contributed by atoms with Crippen molar-refractivity contribution < 1.29 is 4.74 Å². The van der Waals surface area contributed by atoms with Gasteiger partial charge in [-0.2, -0.15) is 0 Å². The molecular weight excluding hydrogens is 282 g/mol. The van der Waals surface area contributed by atoms with E-state index in [0.717, 1.165) is 16.3 Å². The van der Waals surface area contributed by atoms with Crippen LogP contribution >= 0.6 is 11.6 Å². The Morgan fingerprint density at radius 2 is 1.76 bits per heavy atom. The van der Waals surface area contributed by atoms with E-state index in [1.54, 1.807) is 0 Å². The van der Waals surface area contributed by atoms with Crippen molar-refractivity contribution in [3.63, 3.8) is 0 Å². The minimum Gasteiger partial charge on any atom is -0.490 e. The van der Waals surface area contributed by atoms with Gasteiger partial charge in [-0.15, -0.1) is 0 Å². The molecule has 0 saturated heterocycles. The van der Waals surface area contributed by atoms with Gasteiger partial charge in [0.1, 0.15) is 5.75 Å². The Morgan fingerprint density at radius 1 is 1.10 bits per heavy atom. The van der Waals surface area contributed by atoms with Gasteiger partial charge in [-0.25, -0.2) is 0 Å². The van der Waals surface area contributed by atoms with Crippen LogP contribution in [0.25, 0.3) is 0 Å². The molecule has 3 rings (SSSR count). The molecule has 1 aliphatic carbocycles. The second-order valence-corrected chi connectivity index (χ2v) is 6.02. The van der Waals surface area contributed by atoms with Crippen molar-refractivity contribution in [3.8, 4) is 5.75 Å². The van der Waals surface area contributed by atoms with Crippen LogP contribution in [0.2, 0.25) is 5.02 Å². The first-order valence-corrected chi connectivity index (χ1v) is 7.75. The number of hydrogen-bond acceptors (Lipinski definition) is 2. The molecule has 0 amide bonds. The molecule has 2 aromatic carbocycles. The minimum atomic E-state index is 0.163. The summed E-state index contributed by atoms with van der Waals surface area (Å²) in [5, 5.41) is 4.18. The van der Waals surface area contributed by atoms with Crippen molar-refractivity contribution in [2.45, 2.75) is 31.9 Å². The summed E-state index contributed by atoms with van der Waals surface area (Å²) in [6.45, 7) is 2.03. The van der Waals surface area contributed by atoms with Gasteiger partial charge in [0.25, 0.3) is 0 Å². The predicted molar refractivity (Wildman–Crippen MR) is 87.2 cm³/mol. The van der Waals surface area contributed by atoms with Crippen LogP contribution in [-0.2, 0) is 0 Å². The molecule has 1 N–H and O–H groups in total. The summed E-state index contributed by atoms with van der Waals surface area (Å²) in [6.07, 6.45) is 2.81. The number of rotatable bonds is 5. The number of ether oxygens (including phenoxy) is 1. The Bertz CT molecular complexity index is 620. The van der Waals surface area contributed by atoms with Gasteiger partial charge in [0.15, 0.2) is 0 Å². The minimum absolute atomic E-state index is 0.163. The lowest BCUT2D eigenvalue weighted by Crippen LogP contribution is -2.17. The van der Waals surface area contributed by atoms with Crippen molar-refractivity contribution in [1.82, 2.24) is 5.32 Å². The van der Waals surface area contributed by atoms with E-state index in [0.29, 0.717) is 6.10 Å².